The Morgan fingerprint density at radius 3 is 2.57 bits per heavy atom. The van der Waals surface area contributed by atoms with Crippen LogP contribution in [-0.4, -0.2) is 23.2 Å². The van der Waals surface area contributed by atoms with Crippen molar-refractivity contribution >= 4 is 5.97 Å². The van der Waals surface area contributed by atoms with Gasteiger partial charge in [0.1, 0.15) is 5.75 Å². The van der Waals surface area contributed by atoms with Crippen LogP contribution in [0.1, 0.15) is 32.7 Å². The van der Waals surface area contributed by atoms with Crippen LogP contribution in [0.5, 0.6) is 5.75 Å². The molecule has 0 amide bonds. The lowest BCUT2D eigenvalue weighted by Gasteiger charge is -2.12. The third kappa shape index (κ3) is 4.06. The van der Waals surface area contributed by atoms with Gasteiger partial charge in [0.2, 0.25) is 0 Å². The van der Waals surface area contributed by atoms with E-state index >= 15 is 0 Å². The Morgan fingerprint density at radius 2 is 1.96 bits per heavy atom. The summed E-state index contributed by atoms with van der Waals surface area (Å²) in [5.41, 5.74) is 9.06. The highest BCUT2D eigenvalue weighted by Gasteiger charge is 2.10. The van der Waals surface area contributed by atoms with E-state index in [1.54, 1.807) is 37.4 Å². The normalized spacial score (nSPS) is 10.6. The lowest BCUT2D eigenvalue weighted by atomic mass is 10.1. The molecule has 0 aliphatic heterocycles. The van der Waals surface area contributed by atoms with Crippen LogP contribution in [0.2, 0.25) is 0 Å². The lowest BCUT2D eigenvalue weighted by molar-refractivity contribution is 0.0600. The highest BCUT2D eigenvalue weighted by Crippen LogP contribution is 2.23. The molecule has 1 heterocycles. The third-order valence-corrected chi connectivity index (χ3v) is 3.54. The molecule has 6 nitrogen and oxygen atoms in total. The van der Waals surface area contributed by atoms with Gasteiger partial charge in [0.05, 0.1) is 31.6 Å². The van der Waals surface area contributed by atoms with E-state index in [0.29, 0.717) is 30.0 Å². The van der Waals surface area contributed by atoms with Gasteiger partial charge in [-0.1, -0.05) is 12.1 Å². The van der Waals surface area contributed by atoms with E-state index in [4.69, 9.17) is 10.5 Å². The molecule has 2 rings (SSSR count). The molecule has 0 saturated heterocycles. The Balaban J connectivity index is 1.98. The van der Waals surface area contributed by atoms with Crippen LogP contribution in [-0.2, 0) is 29.2 Å². The first-order chi connectivity index (χ1) is 11.1. The standard InChI is InChI=1S/C17H20N2O4/c1-11-16(20)15(7-18)14(8-19-11)10-23-9-12-3-5-13(6-4-12)17(21)22-2/h3-6,8,20H,7,9-10,18H2,1-2H3. The average Bonchev–Trinajstić information content (AvgIpc) is 2.58. The van der Waals surface area contributed by atoms with E-state index in [0.717, 1.165) is 11.1 Å². The number of nitrogens with zero attached hydrogens (tertiary/aromatic N) is 1. The molecule has 1 aromatic carbocycles. The third-order valence-electron chi connectivity index (χ3n) is 3.54. The summed E-state index contributed by atoms with van der Waals surface area (Å²) in [5.74, 6) is -0.248. The van der Waals surface area contributed by atoms with Gasteiger partial charge >= 0.3 is 5.97 Å². The van der Waals surface area contributed by atoms with Crippen molar-refractivity contribution in [3.63, 3.8) is 0 Å². The summed E-state index contributed by atoms with van der Waals surface area (Å²) in [7, 11) is 1.35. The second-order valence-corrected chi connectivity index (χ2v) is 5.08. The Morgan fingerprint density at radius 1 is 1.26 bits per heavy atom. The summed E-state index contributed by atoms with van der Waals surface area (Å²) in [6, 6.07) is 6.99. The zero-order valence-electron chi connectivity index (χ0n) is 13.2. The molecule has 1 aromatic heterocycles. The first-order valence-electron chi connectivity index (χ1n) is 7.18. The SMILES string of the molecule is COC(=O)c1ccc(COCc2cnc(C)c(O)c2CN)cc1. The lowest BCUT2D eigenvalue weighted by Crippen LogP contribution is -2.06. The molecular formula is C17H20N2O4. The van der Waals surface area contributed by atoms with E-state index in [1.807, 2.05) is 0 Å². The minimum Gasteiger partial charge on any atom is -0.506 e. The van der Waals surface area contributed by atoms with E-state index in [-0.39, 0.29) is 18.3 Å². The van der Waals surface area contributed by atoms with Gasteiger partial charge in [0.15, 0.2) is 0 Å². The van der Waals surface area contributed by atoms with E-state index < -0.39 is 0 Å². The highest BCUT2D eigenvalue weighted by atomic mass is 16.5. The Labute approximate surface area is 134 Å². The second-order valence-electron chi connectivity index (χ2n) is 5.08. The van der Waals surface area contributed by atoms with Crippen LogP contribution in [0.25, 0.3) is 0 Å². The fraction of sp³-hybridized carbons (Fsp3) is 0.294. The van der Waals surface area contributed by atoms with Crippen molar-refractivity contribution in [1.29, 1.82) is 0 Å². The van der Waals surface area contributed by atoms with Crippen LogP contribution in [0.4, 0.5) is 0 Å². The van der Waals surface area contributed by atoms with Gasteiger partial charge in [-0.3, -0.25) is 4.98 Å². The zero-order valence-corrected chi connectivity index (χ0v) is 13.2. The van der Waals surface area contributed by atoms with Crippen LogP contribution in [0.3, 0.4) is 0 Å². The molecule has 3 N–H and O–H groups in total. The van der Waals surface area contributed by atoms with Crippen molar-refractivity contribution in [2.45, 2.75) is 26.7 Å². The van der Waals surface area contributed by atoms with Gasteiger partial charge in [0, 0.05) is 23.9 Å². The van der Waals surface area contributed by atoms with Gasteiger partial charge in [0.25, 0.3) is 0 Å². The quantitative estimate of drug-likeness (QED) is 0.792. The van der Waals surface area contributed by atoms with Crippen molar-refractivity contribution in [1.82, 2.24) is 4.98 Å². The number of nitrogens with two attached hydrogens (primary N) is 1. The number of aromatic nitrogens is 1. The van der Waals surface area contributed by atoms with Crippen molar-refractivity contribution < 1.29 is 19.4 Å². The number of carbonyl (C=O) groups excluding carboxylic acids is 1. The molecule has 2 aromatic rings. The van der Waals surface area contributed by atoms with Crippen LogP contribution in [0.15, 0.2) is 30.5 Å². The predicted octanol–water partition coefficient (Wildman–Crippen LogP) is 2.06. The van der Waals surface area contributed by atoms with Gasteiger partial charge < -0.3 is 20.3 Å². The molecule has 0 fully saturated rings. The van der Waals surface area contributed by atoms with Gasteiger partial charge in [-0.2, -0.15) is 0 Å². The molecular weight excluding hydrogens is 296 g/mol. The number of ether oxygens (including phenoxy) is 2. The molecule has 0 saturated carbocycles. The van der Waals surface area contributed by atoms with Gasteiger partial charge in [-0.05, 0) is 24.6 Å². The van der Waals surface area contributed by atoms with Crippen LogP contribution in [0, 0.1) is 6.92 Å². The monoisotopic (exact) mass is 316 g/mol. The number of rotatable bonds is 6. The molecule has 0 aliphatic carbocycles. The van der Waals surface area contributed by atoms with Gasteiger partial charge in [-0.25, -0.2) is 4.79 Å². The molecule has 23 heavy (non-hydrogen) atoms. The molecule has 0 atom stereocenters. The maximum Gasteiger partial charge on any atom is 0.337 e. The topological polar surface area (TPSA) is 94.7 Å². The molecule has 0 unspecified atom stereocenters. The molecule has 0 spiro atoms. The summed E-state index contributed by atoms with van der Waals surface area (Å²) >= 11 is 0. The summed E-state index contributed by atoms with van der Waals surface area (Å²) in [6.07, 6.45) is 1.66. The minimum absolute atomic E-state index is 0.121. The largest absolute Gasteiger partial charge is 0.506 e. The maximum atomic E-state index is 11.4. The fourth-order valence-electron chi connectivity index (χ4n) is 2.17. The first-order valence-corrected chi connectivity index (χ1v) is 7.18. The highest BCUT2D eigenvalue weighted by molar-refractivity contribution is 5.89. The van der Waals surface area contributed by atoms with Crippen LogP contribution < -0.4 is 5.73 Å². The number of aromatic hydroxyl groups is 1. The van der Waals surface area contributed by atoms with Crippen molar-refractivity contribution in [2.75, 3.05) is 7.11 Å². The number of pyridine rings is 1. The summed E-state index contributed by atoms with van der Waals surface area (Å²) in [4.78, 5) is 15.5. The Bertz CT molecular complexity index is 684. The minimum atomic E-state index is -0.369. The summed E-state index contributed by atoms with van der Waals surface area (Å²) < 4.78 is 10.3. The Hall–Kier alpha value is -2.44. The van der Waals surface area contributed by atoms with E-state index in [9.17, 15) is 9.90 Å². The van der Waals surface area contributed by atoms with Crippen molar-refractivity contribution in [3.8, 4) is 5.75 Å². The van der Waals surface area contributed by atoms with E-state index in [2.05, 4.69) is 9.72 Å². The van der Waals surface area contributed by atoms with Crippen molar-refractivity contribution in [3.05, 3.63) is 58.4 Å². The number of hydrogen-bond acceptors (Lipinski definition) is 6. The number of benzene rings is 1. The predicted molar refractivity (Wildman–Crippen MR) is 84.8 cm³/mol. The molecule has 0 radical (unpaired) electrons. The first kappa shape index (κ1) is 16.9. The molecule has 0 aliphatic rings. The number of hydrogen-bond donors (Lipinski definition) is 2. The van der Waals surface area contributed by atoms with E-state index in [1.165, 1.54) is 7.11 Å². The maximum absolute atomic E-state index is 11.4. The smallest absolute Gasteiger partial charge is 0.337 e. The Kier molecular flexibility index (Phi) is 5.67. The molecule has 6 heteroatoms. The van der Waals surface area contributed by atoms with Crippen LogP contribution >= 0.6 is 0 Å². The zero-order chi connectivity index (χ0) is 16.8. The summed E-state index contributed by atoms with van der Waals surface area (Å²) in [5, 5.41) is 9.96. The number of aryl methyl sites for hydroxylation is 1. The summed E-state index contributed by atoms with van der Waals surface area (Å²) in [6.45, 7) is 2.62. The number of esters is 1. The molecule has 0 bridgehead atoms. The number of carbonyl (C=O) groups is 1. The average molecular weight is 316 g/mol. The number of methoxy groups -OCH3 is 1. The fourth-order valence-corrected chi connectivity index (χ4v) is 2.17. The van der Waals surface area contributed by atoms with Crippen molar-refractivity contribution in [2.24, 2.45) is 5.73 Å². The second kappa shape index (κ2) is 7.71. The molecule has 122 valence electrons. The van der Waals surface area contributed by atoms with Gasteiger partial charge in [-0.15, -0.1) is 0 Å².